The van der Waals surface area contributed by atoms with Gasteiger partial charge in [0.05, 0.1) is 12.3 Å². The largest absolute Gasteiger partial charge is 0.390 e. The van der Waals surface area contributed by atoms with Crippen LogP contribution in [-0.4, -0.2) is 15.1 Å². The molecule has 1 heterocycles. The smallest absolute Gasteiger partial charge is 0.152 e. The second-order valence-electron chi connectivity index (χ2n) is 5.19. The number of rotatable bonds is 11. The van der Waals surface area contributed by atoms with Crippen molar-refractivity contribution in [3.63, 3.8) is 0 Å². The number of aromatic amines is 1. The van der Waals surface area contributed by atoms with Crippen molar-refractivity contribution in [2.24, 2.45) is 0 Å². The van der Waals surface area contributed by atoms with E-state index in [0.29, 0.717) is 10.8 Å². The number of aryl methyl sites for hydroxylation is 1. The average molecular weight is 287 g/mol. The third-order valence-corrected chi connectivity index (χ3v) is 3.77. The van der Waals surface area contributed by atoms with Gasteiger partial charge in [-0.25, -0.2) is 4.98 Å². The summed E-state index contributed by atoms with van der Waals surface area (Å²) in [5.41, 5.74) is 0.632. The number of imidazole rings is 1. The minimum Gasteiger partial charge on any atom is -0.390 e. The fourth-order valence-electron chi connectivity index (χ4n) is 2.27. The van der Waals surface area contributed by atoms with E-state index in [4.69, 9.17) is 16.7 Å². The molecule has 0 radical (unpaired) electrons. The zero-order chi connectivity index (χ0) is 13.9. The summed E-state index contributed by atoms with van der Waals surface area (Å²) in [7, 11) is 0. The summed E-state index contributed by atoms with van der Waals surface area (Å²) in [6.45, 7) is 2.19. The lowest BCUT2D eigenvalue weighted by atomic mass is 10.1. The lowest BCUT2D eigenvalue weighted by Crippen LogP contribution is -1.90. The highest BCUT2D eigenvalue weighted by molar-refractivity contribution is 6.30. The Morgan fingerprint density at radius 2 is 1.58 bits per heavy atom. The molecule has 110 valence electrons. The van der Waals surface area contributed by atoms with Gasteiger partial charge in [0.25, 0.3) is 0 Å². The van der Waals surface area contributed by atoms with Crippen LogP contribution < -0.4 is 0 Å². The van der Waals surface area contributed by atoms with Crippen LogP contribution in [0.2, 0.25) is 5.15 Å². The van der Waals surface area contributed by atoms with Gasteiger partial charge in [0.1, 0.15) is 5.82 Å². The van der Waals surface area contributed by atoms with Gasteiger partial charge in [-0.3, -0.25) is 0 Å². The van der Waals surface area contributed by atoms with Crippen LogP contribution in [-0.2, 0) is 13.0 Å². The molecule has 0 atom stereocenters. The van der Waals surface area contributed by atoms with Gasteiger partial charge in [0.2, 0.25) is 0 Å². The number of aromatic nitrogens is 2. The Balaban J connectivity index is 1.98. The Labute approximate surface area is 121 Å². The van der Waals surface area contributed by atoms with E-state index >= 15 is 0 Å². The number of hydrogen-bond donors (Lipinski definition) is 2. The lowest BCUT2D eigenvalue weighted by molar-refractivity contribution is 0.277. The second kappa shape index (κ2) is 10.3. The van der Waals surface area contributed by atoms with Gasteiger partial charge >= 0.3 is 0 Å². The first-order valence-electron chi connectivity index (χ1n) is 7.62. The number of nitrogens with zero attached hydrogens (tertiary/aromatic N) is 1. The monoisotopic (exact) mass is 286 g/mol. The third-order valence-electron chi connectivity index (χ3n) is 3.45. The normalized spacial score (nSPS) is 11.1. The topological polar surface area (TPSA) is 48.9 Å². The average Bonchev–Trinajstić information content (AvgIpc) is 2.77. The molecular weight excluding hydrogens is 260 g/mol. The molecule has 3 nitrogen and oxygen atoms in total. The van der Waals surface area contributed by atoms with Crippen molar-refractivity contribution in [3.05, 3.63) is 16.7 Å². The SMILES string of the molecule is CCCCCCCCCCCc1nc(Cl)c(CO)[nH]1. The maximum atomic E-state index is 9.01. The van der Waals surface area contributed by atoms with E-state index < -0.39 is 0 Å². The standard InChI is InChI=1S/C15H27ClN2O/c1-2-3-4-5-6-7-8-9-10-11-14-17-13(12-19)15(16)18-14/h19H,2-12H2,1H3,(H,17,18). The molecule has 1 rings (SSSR count). The molecule has 0 aliphatic heterocycles. The van der Waals surface area contributed by atoms with Gasteiger partial charge in [0.15, 0.2) is 5.15 Å². The number of aliphatic hydroxyl groups is 1. The Morgan fingerprint density at radius 1 is 1.00 bits per heavy atom. The van der Waals surface area contributed by atoms with Crippen LogP contribution >= 0.6 is 11.6 Å². The molecule has 4 heteroatoms. The predicted molar refractivity (Wildman–Crippen MR) is 80.5 cm³/mol. The van der Waals surface area contributed by atoms with E-state index in [9.17, 15) is 0 Å². The molecule has 1 aromatic rings. The molecule has 2 N–H and O–H groups in total. The quantitative estimate of drug-likeness (QED) is 0.583. The van der Waals surface area contributed by atoms with Crippen LogP contribution in [0.4, 0.5) is 0 Å². The van der Waals surface area contributed by atoms with Crippen LogP contribution in [0.5, 0.6) is 0 Å². The van der Waals surface area contributed by atoms with Gasteiger partial charge in [-0.05, 0) is 6.42 Å². The summed E-state index contributed by atoms with van der Waals surface area (Å²) in [5.74, 6) is 0.900. The molecule has 19 heavy (non-hydrogen) atoms. The van der Waals surface area contributed by atoms with E-state index in [1.165, 1.54) is 51.4 Å². The molecule has 0 aliphatic rings. The van der Waals surface area contributed by atoms with Gasteiger partial charge in [-0.15, -0.1) is 0 Å². The number of halogens is 1. The lowest BCUT2D eigenvalue weighted by Gasteiger charge is -2.01. The highest BCUT2D eigenvalue weighted by atomic mass is 35.5. The van der Waals surface area contributed by atoms with Crippen molar-refractivity contribution in [3.8, 4) is 0 Å². The zero-order valence-electron chi connectivity index (χ0n) is 12.1. The third kappa shape index (κ3) is 6.98. The van der Waals surface area contributed by atoms with Crippen LogP contribution in [0.3, 0.4) is 0 Å². The van der Waals surface area contributed by atoms with Crippen molar-refractivity contribution in [2.75, 3.05) is 0 Å². The number of aliphatic hydroxyl groups excluding tert-OH is 1. The van der Waals surface area contributed by atoms with Crippen molar-refractivity contribution in [1.29, 1.82) is 0 Å². The molecule has 0 aliphatic carbocycles. The molecule has 0 spiro atoms. The fraction of sp³-hybridized carbons (Fsp3) is 0.800. The van der Waals surface area contributed by atoms with E-state index in [1.807, 2.05) is 0 Å². The zero-order valence-corrected chi connectivity index (χ0v) is 12.8. The summed E-state index contributed by atoms with van der Waals surface area (Å²) in [6, 6.07) is 0. The van der Waals surface area contributed by atoms with Crippen molar-refractivity contribution < 1.29 is 5.11 Å². The maximum Gasteiger partial charge on any atom is 0.152 e. The molecular formula is C15H27ClN2O. The van der Waals surface area contributed by atoms with Crippen molar-refractivity contribution >= 4 is 11.6 Å². The second-order valence-corrected chi connectivity index (χ2v) is 5.55. The minimum atomic E-state index is -0.0659. The van der Waals surface area contributed by atoms with E-state index in [1.54, 1.807) is 0 Å². The van der Waals surface area contributed by atoms with Crippen molar-refractivity contribution in [2.45, 2.75) is 77.7 Å². The molecule has 0 saturated carbocycles. The van der Waals surface area contributed by atoms with Crippen molar-refractivity contribution in [1.82, 2.24) is 9.97 Å². The molecule has 0 fully saturated rings. The molecule has 0 bridgehead atoms. The Kier molecular flexibility index (Phi) is 8.93. The molecule has 0 amide bonds. The Bertz CT molecular complexity index is 339. The number of H-pyrrole nitrogens is 1. The predicted octanol–water partition coefficient (Wildman–Crippen LogP) is 4.63. The van der Waals surface area contributed by atoms with Crippen LogP contribution in [0.1, 0.15) is 76.2 Å². The molecule has 0 aromatic carbocycles. The Hall–Kier alpha value is -0.540. The maximum absolute atomic E-state index is 9.01. The summed E-state index contributed by atoms with van der Waals surface area (Å²) in [5, 5.41) is 9.42. The highest BCUT2D eigenvalue weighted by Crippen LogP contribution is 2.15. The van der Waals surface area contributed by atoms with Gasteiger partial charge in [0, 0.05) is 6.42 Å². The fourth-order valence-corrected chi connectivity index (χ4v) is 2.47. The first-order chi connectivity index (χ1) is 9.27. The first kappa shape index (κ1) is 16.5. The molecule has 0 unspecified atom stereocenters. The molecule has 1 aromatic heterocycles. The van der Waals surface area contributed by atoms with Crippen LogP contribution in [0.25, 0.3) is 0 Å². The van der Waals surface area contributed by atoms with E-state index in [-0.39, 0.29) is 6.61 Å². The first-order valence-corrected chi connectivity index (χ1v) is 7.99. The summed E-state index contributed by atoms with van der Waals surface area (Å²) < 4.78 is 0. The highest BCUT2D eigenvalue weighted by Gasteiger charge is 2.06. The van der Waals surface area contributed by atoms with E-state index in [0.717, 1.165) is 18.7 Å². The number of hydrogen-bond acceptors (Lipinski definition) is 2. The Morgan fingerprint density at radius 3 is 2.11 bits per heavy atom. The van der Waals surface area contributed by atoms with E-state index in [2.05, 4.69) is 16.9 Å². The minimum absolute atomic E-state index is 0.0659. The summed E-state index contributed by atoms with van der Waals surface area (Å²) in [4.78, 5) is 7.26. The van der Waals surface area contributed by atoms with Gasteiger partial charge in [-0.1, -0.05) is 69.9 Å². The summed E-state index contributed by atoms with van der Waals surface area (Å²) >= 11 is 5.87. The van der Waals surface area contributed by atoms with Gasteiger partial charge in [-0.2, -0.15) is 0 Å². The summed E-state index contributed by atoms with van der Waals surface area (Å²) in [6.07, 6.45) is 12.8. The van der Waals surface area contributed by atoms with Crippen LogP contribution in [0, 0.1) is 0 Å². The van der Waals surface area contributed by atoms with Gasteiger partial charge < -0.3 is 10.1 Å². The molecule has 0 saturated heterocycles. The van der Waals surface area contributed by atoms with Crippen LogP contribution in [0.15, 0.2) is 0 Å². The number of unbranched alkanes of at least 4 members (excludes halogenated alkanes) is 8. The number of nitrogens with one attached hydrogen (secondary N) is 1.